The van der Waals surface area contributed by atoms with Gasteiger partial charge < -0.3 is 10.1 Å². The third-order valence-electron chi connectivity index (χ3n) is 4.47. The minimum absolute atomic E-state index is 0.0744. The molecule has 0 atom stereocenters. The molecule has 162 valence electrons. The van der Waals surface area contributed by atoms with Crippen molar-refractivity contribution in [1.82, 2.24) is 25.0 Å². The Morgan fingerprint density at radius 2 is 1.91 bits per heavy atom. The number of hydrogen-bond acceptors (Lipinski definition) is 8. The minimum Gasteiger partial charge on any atom is -0.465 e. The predicted octanol–water partition coefficient (Wildman–Crippen LogP) is 2.93. The summed E-state index contributed by atoms with van der Waals surface area (Å²) in [5.41, 5.74) is 2.28. The number of benzene rings is 2. The van der Waals surface area contributed by atoms with Crippen LogP contribution in [0, 0.1) is 5.82 Å². The van der Waals surface area contributed by atoms with Gasteiger partial charge in [-0.25, -0.2) is 23.8 Å². The number of ether oxygens (including phenoxy) is 1. The lowest BCUT2D eigenvalue weighted by atomic mass is 10.2. The molecule has 0 aliphatic rings. The molecule has 0 aliphatic heterocycles. The van der Waals surface area contributed by atoms with Gasteiger partial charge in [-0.3, -0.25) is 4.79 Å². The maximum atomic E-state index is 14.0. The van der Waals surface area contributed by atoms with Crippen LogP contribution >= 0.6 is 11.8 Å². The van der Waals surface area contributed by atoms with Gasteiger partial charge in [0.05, 0.1) is 25.0 Å². The Bertz CT molecular complexity index is 1280. The Morgan fingerprint density at radius 3 is 2.66 bits per heavy atom. The fourth-order valence-electron chi connectivity index (χ4n) is 2.91. The Kier molecular flexibility index (Phi) is 6.36. The van der Waals surface area contributed by atoms with E-state index in [4.69, 9.17) is 0 Å². The lowest BCUT2D eigenvalue weighted by Crippen LogP contribution is -2.14. The number of methoxy groups -OCH3 is 1. The van der Waals surface area contributed by atoms with Crippen LogP contribution in [-0.4, -0.2) is 49.7 Å². The Morgan fingerprint density at radius 1 is 1.12 bits per heavy atom. The van der Waals surface area contributed by atoms with E-state index in [0.29, 0.717) is 33.0 Å². The van der Waals surface area contributed by atoms with Crippen molar-refractivity contribution in [2.24, 2.45) is 0 Å². The highest BCUT2D eigenvalue weighted by Gasteiger charge is 2.15. The number of hydrogen-bond donors (Lipinski definition) is 1. The van der Waals surface area contributed by atoms with Crippen molar-refractivity contribution in [2.45, 2.75) is 11.6 Å². The quantitative estimate of drug-likeness (QED) is 0.259. The second-order valence-corrected chi connectivity index (χ2v) is 7.56. The summed E-state index contributed by atoms with van der Waals surface area (Å²) in [6.45, 7) is 0.173. The van der Waals surface area contributed by atoms with Crippen LogP contribution in [0.25, 0.3) is 11.2 Å². The van der Waals surface area contributed by atoms with Crippen LogP contribution in [0.3, 0.4) is 0 Å². The molecule has 9 nitrogen and oxygen atoms in total. The van der Waals surface area contributed by atoms with E-state index in [1.165, 1.54) is 35.9 Å². The van der Waals surface area contributed by atoms with Gasteiger partial charge >= 0.3 is 5.97 Å². The van der Waals surface area contributed by atoms with Crippen LogP contribution in [0.4, 0.5) is 10.1 Å². The van der Waals surface area contributed by atoms with E-state index in [1.54, 1.807) is 42.5 Å². The van der Waals surface area contributed by atoms with Gasteiger partial charge in [0.25, 0.3) is 0 Å². The molecule has 0 aliphatic carbocycles. The highest BCUT2D eigenvalue weighted by atomic mass is 32.2. The Labute approximate surface area is 186 Å². The molecule has 0 saturated carbocycles. The number of anilines is 1. The zero-order valence-electron chi connectivity index (χ0n) is 16.9. The average molecular weight is 452 g/mol. The number of aromatic nitrogens is 5. The standard InChI is InChI=1S/C21H17FN6O3S/c1-31-21(30)13-6-8-15(9-7-13)25-17(29)11-32-20-18-19(23-12-24-20)28(27-26-18)10-14-4-2-3-5-16(14)22/h2-9,12H,10-11H2,1H3,(H,25,29). The summed E-state index contributed by atoms with van der Waals surface area (Å²) in [6.07, 6.45) is 1.36. The summed E-state index contributed by atoms with van der Waals surface area (Å²) < 4.78 is 20.1. The summed E-state index contributed by atoms with van der Waals surface area (Å²) in [7, 11) is 1.30. The molecule has 0 spiro atoms. The number of esters is 1. The van der Waals surface area contributed by atoms with Gasteiger partial charge in [0.1, 0.15) is 17.2 Å². The van der Waals surface area contributed by atoms with Crippen LogP contribution in [0.1, 0.15) is 15.9 Å². The van der Waals surface area contributed by atoms with Crippen molar-refractivity contribution in [1.29, 1.82) is 0 Å². The number of amides is 1. The van der Waals surface area contributed by atoms with Gasteiger partial charge in [-0.15, -0.1) is 5.10 Å². The molecule has 4 aromatic rings. The van der Waals surface area contributed by atoms with Crippen molar-refractivity contribution in [3.8, 4) is 0 Å². The largest absolute Gasteiger partial charge is 0.465 e. The van der Waals surface area contributed by atoms with Crippen molar-refractivity contribution < 1.29 is 18.7 Å². The van der Waals surface area contributed by atoms with E-state index in [9.17, 15) is 14.0 Å². The van der Waals surface area contributed by atoms with Crippen LogP contribution < -0.4 is 5.32 Å². The number of rotatable bonds is 7. The normalized spacial score (nSPS) is 10.8. The Balaban J connectivity index is 1.42. The maximum absolute atomic E-state index is 14.0. The van der Waals surface area contributed by atoms with Gasteiger partial charge in [0.15, 0.2) is 11.2 Å². The van der Waals surface area contributed by atoms with Gasteiger partial charge in [0, 0.05) is 11.3 Å². The number of nitrogens with zero attached hydrogens (tertiary/aromatic N) is 5. The van der Waals surface area contributed by atoms with E-state index in [-0.39, 0.29) is 24.0 Å². The number of halogens is 1. The second-order valence-electron chi connectivity index (χ2n) is 6.60. The summed E-state index contributed by atoms with van der Waals surface area (Å²) >= 11 is 1.18. The topological polar surface area (TPSA) is 112 Å². The zero-order chi connectivity index (χ0) is 22.5. The van der Waals surface area contributed by atoms with Crippen LogP contribution in [0.5, 0.6) is 0 Å². The third-order valence-corrected chi connectivity index (χ3v) is 5.45. The van der Waals surface area contributed by atoms with Crippen LogP contribution in [-0.2, 0) is 16.1 Å². The lowest BCUT2D eigenvalue weighted by Gasteiger charge is -2.06. The number of fused-ring (bicyclic) bond motifs is 1. The van der Waals surface area contributed by atoms with Gasteiger partial charge in [-0.1, -0.05) is 35.2 Å². The summed E-state index contributed by atoms with van der Waals surface area (Å²) in [4.78, 5) is 32.2. The van der Waals surface area contributed by atoms with Gasteiger partial charge in [-0.2, -0.15) is 0 Å². The van der Waals surface area contributed by atoms with E-state index >= 15 is 0 Å². The number of carbonyl (C=O) groups excluding carboxylic acids is 2. The monoisotopic (exact) mass is 452 g/mol. The highest BCUT2D eigenvalue weighted by Crippen LogP contribution is 2.23. The molecule has 1 amide bonds. The molecule has 2 heterocycles. The first-order chi connectivity index (χ1) is 15.5. The average Bonchev–Trinajstić information content (AvgIpc) is 3.22. The van der Waals surface area contributed by atoms with Crippen molar-refractivity contribution >= 4 is 40.5 Å². The summed E-state index contributed by atoms with van der Waals surface area (Å²) in [5.74, 6) is -0.970. The molecule has 2 aromatic carbocycles. The zero-order valence-corrected chi connectivity index (χ0v) is 17.7. The first-order valence-electron chi connectivity index (χ1n) is 9.44. The molecular formula is C21H17FN6O3S. The van der Waals surface area contributed by atoms with Crippen LogP contribution in [0.15, 0.2) is 59.9 Å². The molecule has 0 unspecified atom stereocenters. The SMILES string of the molecule is COC(=O)c1ccc(NC(=O)CSc2ncnc3c2nnn3Cc2ccccc2F)cc1. The van der Waals surface area contributed by atoms with E-state index in [1.807, 2.05) is 0 Å². The summed E-state index contributed by atoms with van der Waals surface area (Å²) in [5, 5.41) is 11.4. The molecule has 2 aromatic heterocycles. The fourth-order valence-corrected chi connectivity index (χ4v) is 3.64. The highest BCUT2D eigenvalue weighted by molar-refractivity contribution is 8.00. The van der Waals surface area contributed by atoms with Crippen molar-refractivity contribution in [3.05, 3.63) is 71.8 Å². The fraction of sp³-hybridized carbons (Fsp3) is 0.143. The molecule has 0 saturated heterocycles. The lowest BCUT2D eigenvalue weighted by molar-refractivity contribution is -0.113. The summed E-state index contributed by atoms with van der Waals surface area (Å²) in [6, 6.07) is 12.8. The number of nitrogens with one attached hydrogen (secondary N) is 1. The molecule has 32 heavy (non-hydrogen) atoms. The molecule has 0 radical (unpaired) electrons. The minimum atomic E-state index is -0.450. The molecule has 4 rings (SSSR count). The molecule has 0 fully saturated rings. The molecular weight excluding hydrogens is 435 g/mol. The maximum Gasteiger partial charge on any atom is 0.337 e. The van der Waals surface area contributed by atoms with E-state index in [0.717, 1.165) is 0 Å². The molecule has 1 N–H and O–H groups in total. The first-order valence-corrected chi connectivity index (χ1v) is 10.4. The third kappa shape index (κ3) is 4.72. The molecule has 0 bridgehead atoms. The Hall–Kier alpha value is -3.86. The first kappa shape index (κ1) is 21.4. The van der Waals surface area contributed by atoms with Gasteiger partial charge in [0.2, 0.25) is 5.91 Å². The number of carbonyl (C=O) groups is 2. The smallest absolute Gasteiger partial charge is 0.337 e. The molecule has 11 heteroatoms. The van der Waals surface area contributed by atoms with E-state index in [2.05, 4.69) is 30.3 Å². The second kappa shape index (κ2) is 9.52. The predicted molar refractivity (Wildman–Crippen MR) is 116 cm³/mol. The van der Waals surface area contributed by atoms with E-state index < -0.39 is 5.97 Å². The van der Waals surface area contributed by atoms with Crippen LogP contribution in [0.2, 0.25) is 0 Å². The van der Waals surface area contributed by atoms with Crippen molar-refractivity contribution in [3.63, 3.8) is 0 Å². The van der Waals surface area contributed by atoms with Crippen molar-refractivity contribution in [2.75, 3.05) is 18.2 Å². The van der Waals surface area contributed by atoms with Gasteiger partial charge in [-0.05, 0) is 30.3 Å². The number of thioether (sulfide) groups is 1.